The molecule has 1 heterocycles. The van der Waals surface area contributed by atoms with E-state index in [9.17, 15) is 9.59 Å². The first kappa shape index (κ1) is 19.5. The second-order valence-corrected chi connectivity index (χ2v) is 7.68. The lowest BCUT2D eigenvalue weighted by atomic mass is 9.65. The summed E-state index contributed by atoms with van der Waals surface area (Å²) in [7, 11) is 0. The molecule has 3 rings (SSSR count). The minimum absolute atomic E-state index is 0. The van der Waals surface area contributed by atoms with Crippen molar-refractivity contribution in [2.24, 2.45) is 23.5 Å². The van der Waals surface area contributed by atoms with E-state index in [2.05, 4.69) is 5.32 Å². The van der Waals surface area contributed by atoms with Gasteiger partial charge in [0, 0.05) is 38.0 Å². The highest BCUT2D eigenvalue weighted by atomic mass is 35.5. The van der Waals surface area contributed by atoms with Gasteiger partial charge in [0.1, 0.15) is 0 Å². The van der Waals surface area contributed by atoms with Crippen LogP contribution in [-0.4, -0.2) is 42.4 Å². The molecule has 0 aromatic rings. The number of halogens is 1. The Morgan fingerprint density at radius 2 is 1.62 bits per heavy atom. The van der Waals surface area contributed by atoms with Crippen LogP contribution in [0.15, 0.2) is 0 Å². The Bertz CT molecular complexity index is 426. The van der Waals surface area contributed by atoms with E-state index in [-0.39, 0.29) is 30.1 Å². The van der Waals surface area contributed by atoms with Crippen molar-refractivity contribution in [3.8, 4) is 0 Å². The normalized spacial score (nSPS) is 32.6. The van der Waals surface area contributed by atoms with Gasteiger partial charge in [0.05, 0.1) is 0 Å². The number of hydrogen-bond acceptors (Lipinski definition) is 3. The summed E-state index contributed by atoms with van der Waals surface area (Å²) in [6.07, 6.45) is 9.38. The van der Waals surface area contributed by atoms with Crippen molar-refractivity contribution >= 4 is 24.2 Å². The summed E-state index contributed by atoms with van der Waals surface area (Å²) in [5.74, 6) is 1.48. The number of carbonyl (C=O) groups excluding carboxylic acids is 2. The average Bonchev–Trinajstić information content (AvgIpc) is 2.55. The van der Waals surface area contributed by atoms with Gasteiger partial charge in [-0.1, -0.05) is 6.42 Å². The predicted octanol–water partition coefficient (Wildman–Crippen LogP) is 2.08. The maximum atomic E-state index is 12.4. The smallest absolute Gasteiger partial charge is 0.224 e. The number of piperidine rings is 1. The standard InChI is InChI=1S/C18H31N3O2.ClH/c19-17-13-5-4-6-14(17)12-15(11-13)18(23)20-8-7-16(22)21-9-2-1-3-10-21;/h13-15,17H,1-12,19H2,(H,20,23);1H. The molecule has 2 aliphatic carbocycles. The van der Waals surface area contributed by atoms with Crippen molar-refractivity contribution in [3.63, 3.8) is 0 Å². The maximum absolute atomic E-state index is 12.4. The van der Waals surface area contributed by atoms with E-state index in [1.807, 2.05) is 4.90 Å². The van der Waals surface area contributed by atoms with Crippen LogP contribution in [0.5, 0.6) is 0 Å². The lowest BCUT2D eigenvalue weighted by Crippen LogP contribution is -2.49. The largest absolute Gasteiger partial charge is 0.355 e. The van der Waals surface area contributed by atoms with Crippen molar-refractivity contribution in [3.05, 3.63) is 0 Å². The van der Waals surface area contributed by atoms with E-state index < -0.39 is 0 Å². The number of fused-ring (bicyclic) bond motifs is 2. The molecule has 2 unspecified atom stereocenters. The molecule has 2 bridgehead atoms. The Labute approximate surface area is 151 Å². The molecule has 0 spiro atoms. The van der Waals surface area contributed by atoms with Gasteiger partial charge >= 0.3 is 0 Å². The molecule has 2 amide bonds. The molecular weight excluding hydrogens is 326 g/mol. The first-order valence-corrected chi connectivity index (χ1v) is 9.46. The topological polar surface area (TPSA) is 75.4 Å². The number of carbonyl (C=O) groups is 2. The summed E-state index contributed by atoms with van der Waals surface area (Å²) in [5, 5.41) is 3.00. The fourth-order valence-corrected chi connectivity index (χ4v) is 4.74. The van der Waals surface area contributed by atoms with E-state index in [0.29, 0.717) is 30.8 Å². The molecule has 1 saturated heterocycles. The highest BCUT2D eigenvalue weighted by molar-refractivity contribution is 5.85. The molecule has 5 nitrogen and oxygen atoms in total. The second-order valence-electron chi connectivity index (χ2n) is 7.68. The number of nitrogens with zero attached hydrogens (tertiary/aromatic N) is 1. The van der Waals surface area contributed by atoms with Crippen LogP contribution in [0, 0.1) is 17.8 Å². The van der Waals surface area contributed by atoms with Gasteiger partial charge in [-0.2, -0.15) is 0 Å². The zero-order valence-electron chi connectivity index (χ0n) is 14.5. The molecule has 2 saturated carbocycles. The Hall–Kier alpha value is -0.810. The van der Waals surface area contributed by atoms with Gasteiger partial charge in [0.15, 0.2) is 0 Å². The van der Waals surface area contributed by atoms with Gasteiger partial charge in [-0.25, -0.2) is 0 Å². The Balaban J connectivity index is 0.00000208. The molecule has 3 fully saturated rings. The minimum atomic E-state index is 0. The summed E-state index contributed by atoms with van der Waals surface area (Å²) >= 11 is 0. The summed E-state index contributed by atoms with van der Waals surface area (Å²) in [6.45, 7) is 2.25. The third kappa shape index (κ3) is 4.63. The predicted molar refractivity (Wildman–Crippen MR) is 96.8 cm³/mol. The third-order valence-corrected chi connectivity index (χ3v) is 6.13. The Morgan fingerprint density at radius 3 is 2.25 bits per heavy atom. The van der Waals surface area contributed by atoms with E-state index in [1.165, 1.54) is 25.7 Å². The first-order valence-electron chi connectivity index (χ1n) is 9.46. The summed E-state index contributed by atoms with van der Waals surface area (Å²) in [5.41, 5.74) is 6.29. The van der Waals surface area contributed by atoms with Crippen LogP contribution in [-0.2, 0) is 9.59 Å². The number of nitrogens with two attached hydrogens (primary N) is 1. The van der Waals surface area contributed by atoms with Crippen molar-refractivity contribution in [2.45, 2.75) is 63.8 Å². The zero-order chi connectivity index (χ0) is 16.2. The first-order chi connectivity index (χ1) is 11.1. The van der Waals surface area contributed by atoms with Crippen LogP contribution >= 0.6 is 12.4 Å². The molecular formula is C18H32ClN3O2. The molecule has 0 aromatic carbocycles. The summed E-state index contributed by atoms with van der Waals surface area (Å²) in [4.78, 5) is 26.5. The van der Waals surface area contributed by atoms with Gasteiger partial charge in [-0.15, -0.1) is 12.4 Å². The van der Waals surface area contributed by atoms with Gasteiger partial charge in [-0.05, 0) is 56.8 Å². The lowest BCUT2D eigenvalue weighted by molar-refractivity contribution is -0.132. The van der Waals surface area contributed by atoms with Crippen LogP contribution in [0.1, 0.15) is 57.8 Å². The van der Waals surface area contributed by atoms with Crippen LogP contribution in [0.2, 0.25) is 0 Å². The molecule has 0 aromatic heterocycles. The van der Waals surface area contributed by atoms with Crippen LogP contribution in [0.4, 0.5) is 0 Å². The van der Waals surface area contributed by atoms with Crippen LogP contribution in [0.25, 0.3) is 0 Å². The van der Waals surface area contributed by atoms with Crippen LogP contribution in [0.3, 0.4) is 0 Å². The van der Waals surface area contributed by atoms with E-state index >= 15 is 0 Å². The van der Waals surface area contributed by atoms with Crippen LogP contribution < -0.4 is 11.1 Å². The van der Waals surface area contributed by atoms with Gasteiger partial charge in [0.25, 0.3) is 0 Å². The Morgan fingerprint density at radius 1 is 1.00 bits per heavy atom. The third-order valence-electron chi connectivity index (χ3n) is 6.13. The minimum Gasteiger partial charge on any atom is -0.355 e. The molecule has 3 aliphatic rings. The quantitative estimate of drug-likeness (QED) is 0.808. The number of hydrogen-bond donors (Lipinski definition) is 2. The van der Waals surface area contributed by atoms with Crippen molar-refractivity contribution in [1.29, 1.82) is 0 Å². The van der Waals surface area contributed by atoms with E-state index in [0.717, 1.165) is 38.8 Å². The van der Waals surface area contributed by atoms with Gasteiger partial charge in [0.2, 0.25) is 11.8 Å². The molecule has 2 atom stereocenters. The van der Waals surface area contributed by atoms with Crippen molar-refractivity contribution in [1.82, 2.24) is 10.2 Å². The lowest BCUT2D eigenvalue weighted by Gasteiger charge is -2.43. The van der Waals surface area contributed by atoms with Gasteiger partial charge < -0.3 is 16.0 Å². The molecule has 1 aliphatic heterocycles. The molecule has 3 N–H and O–H groups in total. The van der Waals surface area contributed by atoms with Gasteiger partial charge in [-0.3, -0.25) is 9.59 Å². The molecule has 24 heavy (non-hydrogen) atoms. The van der Waals surface area contributed by atoms with E-state index in [1.54, 1.807) is 0 Å². The zero-order valence-corrected chi connectivity index (χ0v) is 15.4. The summed E-state index contributed by atoms with van der Waals surface area (Å²) < 4.78 is 0. The monoisotopic (exact) mass is 357 g/mol. The van der Waals surface area contributed by atoms with E-state index in [4.69, 9.17) is 5.73 Å². The Kier molecular flexibility index (Phi) is 7.35. The fourth-order valence-electron chi connectivity index (χ4n) is 4.74. The average molecular weight is 358 g/mol. The van der Waals surface area contributed by atoms with Crippen molar-refractivity contribution in [2.75, 3.05) is 19.6 Å². The SMILES string of the molecule is Cl.NC1C2CCCC1CC(C(=O)NCCC(=O)N1CCCCC1)C2. The highest BCUT2D eigenvalue weighted by Crippen LogP contribution is 2.41. The van der Waals surface area contributed by atoms with Crippen molar-refractivity contribution < 1.29 is 9.59 Å². The number of rotatable bonds is 4. The number of amides is 2. The molecule has 6 heteroatoms. The highest BCUT2D eigenvalue weighted by Gasteiger charge is 2.40. The fraction of sp³-hybridized carbons (Fsp3) is 0.889. The molecule has 0 radical (unpaired) electrons. The summed E-state index contributed by atoms with van der Waals surface area (Å²) in [6, 6.07) is 0.300. The molecule has 138 valence electrons. The second kappa shape index (κ2) is 9.04. The number of nitrogens with one attached hydrogen (secondary N) is 1. The number of likely N-dealkylation sites (tertiary alicyclic amines) is 1. The maximum Gasteiger partial charge on any atom is 0.224 e.